The van der Waals surface area contributed by atoms with Crippen LogP contribution < -0.4 is 15.8 Å². The van der Waals surface area contributed by atoms with Gasteiger partial charge in [0.15, 0.2) is 5.75 Å². The first-order valence-electron chi connectivity index (χ1n) is 6.57. The number of carbonyl (C=O) groups is 1. The molecule has 1 atom stereocenters. The van der Waals surface area contributed by atoms with E-state index in [4.69, 9.17) is 10.5 Å². The monoisotopic (exact) mass is 298 g/mol. The molecular formula is C13H22N4O2S. The molecule has 20 heavy (non-hydrogen) atoms. The van der Waals surface area contributed by atoms with Crippen molar-refractivity contribution < 1.29 is 9.53 Å². The standard InChI is InChI=1S/C13H22N4O2S/c1-16(2)13(18)11-9(14)10(19-4)12(20-11)15-8-5-6-17(3)7-8/h8,15H,5-7,14H2,1-4H3. The van der Waals surface area contributed by atoms with Gasteiger partial charge >= 0.3 is 0 Å². The van der Waals surface area contributed by atoms with Gasteiger partial charge in [-0.2, -0.15) is 0 Å². The maximum absolute atomic E-state index is 12.1. The molecule has 7 heteroatoms. The van der Waals surface area contributed by atoms with Crippen molar-refractivity contribution in [1.82, 2.24) is 9.80 Å². The minimum Gasteiger partial charge on any atom is -0.492 e. The number of hydrogen-bond acceptors (Lipinski definition) is 6. The highest BCUT2D eigenvalue weighted by Crippen LogP contribution is 2.43. The first-order chi connectivity index (χ1) is 9.43. The topological polar surface area (TPSA) is 70.8 Å². The van der Waals surface area contributed by atoms with Crippen molar-refractivity contribution in [2.75, 3.05) is 52.4 Å². The summed E-state index contributed by atoms with van der Waals surface area (Å²) < 4.78 is 5.36. The molecule has 1 unspecified atom stereocenters. The van der Waals surface area contributed by atoms with Gasteiger partial charge in [-0.3, -0.25) is 4.79 Å². The van der Waals surface area contributed by atoms with Crippen molar-refractivity contribution in [3.8, 4) is 5.75 Å². The Morgan fingerprint density at radius 1 is 1.55 bits per heavy atom. The van der Waals surface area contributed by atoms with E-state index in [2.05, 4.69) is 17.3 Å². The van der Waals surface area contributed by atoms with Crippen LogP contribution in [-0.2, 0) is 0 Å². The Labute approximate surface area is 123 Å². The van der Waals surface area contributed by atoms with Crippen molar-refractivity contribution in [3.63, 3.8) is 0 Å². The van der Waals surface area contributed by atoms with Crippen molar-refractivity contribution in [3.05, 3.63) is 4.88 Å². The van der Waals surface area contributed by atoms with Gasteiger partial charge in [-0.05, 0) is 20.0 Å². The number of thiophene rings is 1. The van der Waals surface area contributed by atoms with E-state index < -0.39 is 0 Å². The molecule has 6 nitrogen and oxygen atoms in total. The van der Waals surface area contributed by atoms with Gasteiger partial charge in [0.1, 0.15) is 15.6 Å². The zero-order valence-electron chi connectivity index (χ0n) is 12.4. The molecule has 0 saturated carbocycles. The average molecular weight is 298 g/mol. The molecule has 0 spiro atoms. The molecule has 1 aliphatic rings. The molecule has 0 radical (unpaired) electrons. The van der Waals surface area contributed by atoms with Gasteiger partial charge < -0.3 is 25.6 Å². The Bertz CT molecular complexity index is 501. The van der Waals surface area contributed by atoms with Gasteiger partial charge in [-0.1, -0.05) is 0 Å². The van der Waals surface area contributed by atoms with Gasteiger partial charge in [0.05, 0.1) is 7.11 Å². The van der Waals surface area contributed by atoms with E-state index >= 15 is 0 Å². The van der Waals surface area contributed by atoms with Gasteiger partial charge in [-0.25, -0.2) is 0 Å². The number of rotatable bonds is 4. The van der Waals surface area contributed by atoms with E-state index in [9.17, 15) is 4.79 Å². The number of carbonyl (C=O) groups excluding carboxylic acids is 1. The van der Waals surface area contributed by atoms with Crippen LogP contribution >= 0.6 is 11.3 Å². The lowest BCUT2D eigenvalue weighted by molar-refractivity contribution is 0.0833. The number of ether oxygens (including phenoxy) is 1. The number of nitrogen functional groups attached to an aromatic ring is 1. The second-order valence-electron chi connectivity index (χ2n) is 5.30. The zero-order valence-corrected chi connectivity index (χ0v) is 13.2. The second kappa shape index (κ2) is 5.88. The summed E-state index contributed by atoms with van der Waals surface area (Å²) in [6, 6.07) is 0.370. The zero-order chi connectivity index (χ0) is 14.9. The number of amides is 1. The number of methoxy groups -OCH3 is 1. The fraction of sp³-hybridized carbons (Fsp3) is 0.615. The van der Waals surface area contributed by atoms with Crippen molar-refractivity contribution in [2.45, 2.75) is 12.5 Å². The van der Waals surface area contributed by atoms with E-state index in [0.717, 1.165) is 24.5 Å². The minimum absolute atomic E-state index is 0.0950. The summed E-state index contributed by atoms with van der Waals surface area (Å²) in [5, 5.41) is 4.29. The summed E-state index contributed by atoms with van der Waals surface area (Å²) in [4.78, 5) is 16.4. The third kappa shape index (κ3) is 2.83. The Hall–Kier alpha value is -1.47. The summed E-state index contributed by atoms with van der Waals surface area (Å²) in [5.74, 6) is 0.483. The number of nitrogens with one attached hydrogen (secondary N) is 1. The number of likely N-dealkylation sites (tertiary alicyclic amines) is 1. The number of hydrogen-bond donors (Lipinski definition) is 2. The molecule has 1 saturated heterocycles. The maximum atomic E-state index is 12.1. The first-order valence-corrected chi connectivity index (χ1v) is 7.38. The van der Waals surface area contributed by atoms with Crippen molar-refractivity contribution in [1.29, 1.82) is 0 Å². The van der Waals surface area contributed by atoms with E-state index in [-0.39, 0.29) is 5.91 Å². The van der Waals surface area contributed by atoms with Gasteiger partial charge in [0, 0.05) is 26.7 Å². The van der Waals surface area contributed by atoms with Crippen LogP contribution in [0.3, 0.4) is 0 Å². The fourth-order valence-electron chi connectivity index (χ4n) is 2.33. The third-order valence-corrected chi connectivity index (χ3v) is 4.54. The highest BCUT2D eigenvalue weighted by Gasteiger charge is 2.26. The van der Waals surface area contributed by atoms with E-state index in [0.29, 0.717) is 22.4 Å². The first kappa shape index (κ1) is 14.9. The number of likely N-dealkylation sites (N-methyl/N-ethyl adjacent to an activating group) is 1. The van der Waals surface area contributed by atoms with Crippen molar-refractivity contribution >= 4 is 27.9 Å². The Balaban J connectivity index is 2.24. The lowest BCUT2D eigenvalue weighted by atomic mass is 10.2. The molecule has 1 amide bonds. The lowest BCUT2D eigenvalue weighted by Crippen LogP contribution is -2.23. The smallest absolute Gasteiger partial charge is 0.265 e. The van der Waals surface area contributed by atoms with Crippen LogP contribution in [0, 0.1) is 0 Å². The molecule has 0 bridgehead atoms. The lowest BCUT2D eigenvalue weighted by Gasteiger charge is -2.13. The molecule has 1 aliphatic heterocycles. The Morgan fingerprint density at radius 3 is 2.75 bits per heavy atom. The minimum atomic E-state index is -0.0950. The largest absolute Gasteiger partial charge is 0.492 e. The van der Waals surface area contributed by atoms with Crippen LogP contribution in [0.4, 0.5) is 10.7 Å². The SMILES string of the molecule is COc1c(NC2CCN(C)C2)sc(C(=O)N(C)C)c1N. The normalized spacial score (nSPS) is 19.1. The maximum Gasteiger partial charge on any atom is 0.265 e. The molecule has 112 valence electrons. The molecule has 1 fully saturated rings. The molecule has 0 aromatic carbocycles. The van der Waals surface area contributed by atoms with Crippen LogP contribution in [0.25, 0.3) is 0 Å². The third-order valence-electron chi connectivity index (χ3n) is 3.43. The van der Waals surface area contributed by atoms with Gasteiger partial charge in [0.2, 0.25) is 0 Å². The molecule has 3 N–H and O–H groups in total. The average Bonchev–Trinajstić information content (AvgIpc) is 2.93. The highest BCUT2D eigenvalue weighted by atomic mass is 32.1. The van der Waals surface area contributed by atoms with Crippen LogP contribution in [0.15, 0.2) is 0 Å². The van der Waals surface area contributed by atoms with Crippen LogP contribution in [0.2, 0.25) is 0 Å². The van der Waals surface area contributed by atoms with Gasteiger partial charge in [0.25, 0.3) is 5.91 Å². The van der Waals surface area contributed by atoms with E-state index in [1.807, 2.05) is 0 Å². The molecule has 1 aromatic rings. The van der Waals surface area contributed by atoms with Crippen LogP contribution in [-0.4, -0.2) is 63.1 Å². The number of nitrogens with two attached hydrogens (primary N) is 1. The summed E-state index contributed by atoms with van der Waals surface area (Å²) >= 11 is 1.36. The summed E-state index contributed by atoms with van der Waals surface area (Å²) in [7, 11) is 7.11. The molecular weight excluding hydrogens is 276 g/mol. The molecule has 0 aliphatic carbocycles. The van der Waals surface area contributed by atoms with Crippen LogP contribution in [0.5, 0.6) is 5.75 Å². The van der Waals surface area contributed by atoms with Crippen molar-refractivity contribution in [2.24, 2.45) is 0 Å². The predicted molar refractivity (Wildman–Crippen MR) is 82.8 cm³/mol. The Kier molecular flexibility index (Phi) is 4.39. The second-order valence-corrected chi connectivity index (χ2v) is 6.32. The molecule has 2 heterocycles. The quantitative estimate of drug-likeness (QED) is 0.873. The van der Waals surface area contributed by atoms with Gasteiger partial charge in [-0.15, -0.1) is 11.3 Å². The Morgan fingerprint density at radius 2 is 2.25 bits per heavy atom. The molecule has 1 aromatic heterocycles. The number of anilines is 2. The van der Waals surface area contributed by atoms with E-state index in [1.54, 1.807) is 21.2 Å². The predicted octanol–water partition coefficient (Wildman–Crippen LogP) is 1.16. The number of nitrogens with zero attached hydrogens (tertiary/aromatic N) is 2. The highest BCUT2D eigenvalue weighted by molar-refractivity contribution is 7.19. The summed E-state index contributed by atoms with van der Waals surface area (Å²) in [6.07, 6.45) is 1.08. The fourth-order valence-corrected chi connectivity index (χ4v) is 3.51. The summed E-state index contributed by atoms with van der Waals surface area (Å²) in [5.41, 5.74) is 6.46. The molecule has 2 rings (SSSR count). The summed E-state index contributed by atoms with van der Waals surface area (Å²) in [6.45, 7) is 2.06. The van der Waals surface area contributed by atoms with E-state index in [1.165, 1.54) is 16.2 Å². The van der Waals surface area contributed by atoms with Crippen LogP contribution in [0.1, 0.15) is 16.1 Å².